The number of hydrogen-bond donors (Lipinski definition) is 1. The number of phenols is 1. The molecule has 0 atom stereocenters. The Morgan fingerprint density at radius 3 is 1.90 bits per heavy atom. The van der Waals surface area contributed by atoms with Gasteiger partial charge in [-0.2, -0.15) is 0 Å². The Labute approximate surface area is 169 Å². The highest BCUT2D eigenvalue weighted by molar-refractivity contribution is 6.21. The minimum Gasteiger partial charge on any atom is -0.508 e. The van der Waals surface area contributed by atoms with Crippen molar-refractivity contribution in [3.8, 4) is 17.2 Å². The number of carbonyl (C=O) groups excluding carboxylic acids is 2. The van der Waals surface area contributed by atoms with E-state index in [-0.39, 0.29) is 23.0 Å². The summed E-state index contributed by atoms with van der Waals surface area (Å²) < 4.78 is 5.90. The first-order chi connectivity index (χ1) is 13.8. The fraction of sp³-hybridized carbons (Fsp3) is 0.167. The second-order valence-electron chi connectivity index (χ2n) is 7.68. The Balaban J connectivity index is 1.56. The van der Waals surface area contributed by atoms with E-state index in [1.165, 1.54) is 7.05 Å². The molecule has 146 valence electrons. The third-order valence-electron chi connectivity index (χ3n) is 5.46. The van der Waals surface area contributed by atoms with Gasteiger partial charge in [-0.3, -0.25) is 14.5 Å². The van der Waals surface area contributed by atoms with E-state index in [0.29, 0.717) is 22.6 Å². The summed E-state index contributed by atoms with van der Waals surface area (Å²) in [5, 5.41) is 9.51. The lowest BCUT2D eigenvalue weighted by molar-refractivity contribution is 0.0693. The van der Waals surface area contributed by atoms with Crippen LogP contribution in [0.5, 0.6) is 17.2 Å². The predicted molar refractivity (Wildman–Crippen MR) is 110 cm³/mol. The van der Waals surface area contributed by atoms with Crippen molar-refractivity contribution in [2.45, 2.75) is 19.3 Å². The van der Waals surface area contributed by atoms with Crippen LogP contribution in [0, 0.1) is 0 Å². The number of hydrogen-bond acceptors (Lipinski definition) is 4. The van der Waals surface area contributed by atoms with Crippen LogP contribution in [0.1, 0.15) is 45.7 Å². The second kappa shape index (κ2) is 6.78. The summed E-state index contributed by atoms with van der Waals surface area (Å²) in [5.41, 5.74) is 2.72. The molecular weight excluding hydrogens is 366 g/mol. The highest BCUT2D eigenvalue weighted by Crippen LogP contribution is 2.34. The Bertz CT molecular complexity index is 1100. The van der Waals surface area contributed by atoms with Crippen LogP contribution >= 0.6 is 0 Å². The van der Waals surface area contributed by atoms with E-state index in [4.69, 9.17) is 4.74 Å². The topological polar surface area (TPSA) is 66.8 Å². The van der Waals surface area contributed by atoms with Gasteiger partial charge in [0.15, 0.2) is 0 Å². The highest BCUT2D eigenvalue weighted by Gasteiger charge is 2.33. The minimum atomic E-state index is -0.318. The number of aromatic hydroxyl groups is 1. The minimum absolute atomic E-state index is 0.239. The number of imide groups is 1. The molecule has 0 aromatic heterocycles. The zero-order valence-corrected chi connectivity index (χ0v) is 16.5. The average molecular weight is 387 g/mol. The molecule has 29 heavy (non-hydrogen) atoms. The first kappa shape index (κ1) is 18.7. The lowest BCUT2D eigenvalue weighted by Gasteiger charge is -2.26. The molecule has 0 saturated heterocycles. The van der Waals surface area contributed by atoms with Gasteiger partial charge in [0.05, 0.1) is 11.1 Å². The van der Waals surface area contributed by atoms with E-state index in [0.717, 1.165) is 16.0 Å². The molecule has 0 radical (unpaired) electrons. The van der Waals surface area contributed by atoms with E-state index >= 15 is 0 Å². The summed E-state index contributed by atoms with van der Waals surface area (Å²) in [5.74, 6) is 0.777. The van der Waals surface area contributed by atoms with Crippen LogP contribution in [0.15, 0.2) is 66.7 Å². The van der Waals surface area contributed by atoms with E-state index in [1.54, 1.807) is 30.3 Å². The molecule has 1 heterocycles. The van der Waals surface area contributed by atoms with E-state index in [1.807, 2.05) is 36.4 Å². The molecular formula is C24H21NO4. The van der Waals surface area contributed by atoms with Gasteiger partial charge in [0.2, 0.25) is 0 Å². The largest absolute Gasteiger partial charge is 0.508 e. The molecule has 5 heteroatoms. The predicted octanol–water partition coefficient (Wildman–Crippen LogP) is 4.74. The standard InChI is InChI=1S/C24H21NO4/c1-24(2,15-4-8-17(26)9-5-15)16-6-10-18(11-7-16)29-19-12-13-20-21(14-19)23(28)25(3)22(20)27/h4-14,26H,1-3H3. The van der Waals surface area contributed by atoms with Crippen LogP contribution in [-0.2, 0) is 5.41 Å². The van der Waals surface area contributed by atoms with Crippen molar-refractivity contribution in [2.24, 2.45) is 0 Å². The fourth-order valence-corrected chi connectivity index (χ4v) is 3.52. The van der Waals surface area contributed by atoms with Crippen molar-refractivity contribution >= 4 is 11.8 Å². The van der Waals surface area contributed by atoms with Crippen molar-refractivity contribution in [1.82, 2.24) is 4.90 Å². The van der Waals surface area contributed by atoms with Crippen LogP contribution in [0.25, 0.3) is 0 Å². The Kier molecular flexibility index (Phi) is 4.38. The van der Waals surface area contributed by atoms with Gasteiger partial charge in [-0.1, -0.05) is 38.1 Å². The molecule has 0 saturated carbocycles. The summed E-state index contributed by atoms with van der Waals surface area (Å²) in [6.45, 7) is 4.24. The van der Waals surface area contributed by atoms with E-state index in [2.05, 4.69) is 13.8 Å². The smallest absolute Gasteiger partial charge is 0.261 e. The van der Waals surface area contributed by atoms with Gasteiger partial charge in [-0.25, -0.2) is 0 Å². The number of phenolic OH excluding ortho intramolecular Hbond substituents is 1. The van der Waals surface area contributed by atoms with Gasteiger partial charge in [-0.15, -0.1) is 0 Å². The maximum Gasteiger partial charge on any atom is 0.261 e. The van der Waals surface area contributed by atoms with Crippen LogP contribution in [0.2, 0.25) is 0 Å². The molecule has 4 rings (SSSR count). The summed E-state index contributed by atoms with van der Waals surface area (Å²) in [4.78, 5) is 25.3. The van der Waals surface area contributed by atoms with Gasteiger partial charge in [0.25, 0.3) is 11.8 Å². The SMILES string of the molecule is CN1C(=O)c2ccc(Oc3ccc(C(C)(C)c4ccc(O)cc4)cc3)cc2C1=O. The number of rotatable bonds is 4. The molecule has 0 spiro atoms. The van der Waals surface area contributed by atoms with Crippen molar-refractivity contribution in [3.05, 3.63) is 89.0 Å². The molecule has 2 amide bonds. The van der Waals surface area contributed by atoms with Crippen molar-refractivity contribution < 1.29 is 19.4 Å². The number of nitrogens with zero attached hydrogens (tertiary/aromatic N) is 1. The number of amides is 2. The second-order valence-corrected chi connectivity index (χ2v) is 7.68. The first-order valence-corrected chi connectivity index (χ1v) is 9.32. The Morgan fingerprint density at radius 1 is 0.759 bits per heavy atom. The lowest BCUT2D eigenvalue weighted by Crippen LogP contribution is -2.24. The zero-order valence-electron chi connectivity index (χ0n) is 16.5. The number of benzene rings is 3. The fourth-order valence-electron chi connectivity index (χ4n) is 3.52. The molecule has 0 unspecified atom stereocenters. The maximum absolute atomic E-state index is 12.2. The molecule has 0 bridgehead atoms. The van der Waals surface area contributed by atoms with E-state index < -0.39 is 0 Å². The Morgan fingerprint density at radius 2 is 1.28 bits per heavy atom. The Hall–Kier alpha value is -3.60. The van der Waals surface area contributed by atoms with Crippen molar-refractivity contribution in [3.63, 3.8) is 0 Å². The molecule has 1 N–H and O–H groups in total. The molecule has 3 aromatic rings. The van der Waals surface area contributed by atoms with Crippen LogP contribution in [0.4, 0.5) is 0 Å². The maximum atomic E-state index is 12.2. The summed E-state index contributed by atoms with van der Waals surface area (Å²) >= 11 is 0. The monoisotopic (exact) mass is 387 g/mol. The molecule has 0 fully saturated rings. The highest BCUT2D eigenvalue weighted by atomic mass is 16.5. The van der Waals surface area contributed by atoms with Crippen LogP contribution in [0.3, 0.4) is 0 Å². The van der Waals surface area contributed by atoms with Crippen molar-refractivity contribution in [1.29, 1.82) is 0 Å². The summed E-state index contributed by atoms with van der Waals surface area (Å²) in [6, 6.07) is 19.9. The first-order valence-electron chi connectivity index (χ1n) is 9.32. The molecule has 0 aliphatic carbocycles. The van der Waals surface area contributed by atoms with Gasteiger partial charge in [0, 0.05) is 12.5 Å². The molecule has 5 nitrogen and oxygen atoms in total. The molecule has 3 aromatic carbocycles. The molecule has 1 aliphatic heterocycles. The van der Waals surface area contributed by atoms with Gasteiger partial charge in [-0.05, 0) is 53.6 Å². The number of fused-ring (bicyclic) bond motifs is 1. The lowest BCUT2D eigenvalue weighted by atomic mass is 9.78. The average Bonchev–Trinajstić information content (AvgIpc) is 2.93. The normalized spacial score (nSPS) is 13.6. The van der Waals surface area contributed by atoms with Crippen molar-refractivity contribution in [2.75, 3.05) is 7.05 Å². The van der Waals surface area contributed by atoms with Crippen LogP contribution in [-0.4, -0.2) is 28.9 Å². The van der Waals surface area contributed by atoms with Gasteiger partial charge >= 0.3 is 0 Å². The zero-order chi connectivity index (χ0) is 20.8. The van der Waals surface area contributed by atoms with Gasteiger partial charge in [0.1, 0.15) is 17.2 Å². The summed E-state index contributed by atoms with van der Waals surface area (Å²) in [6.07, 6.45) is 0. The van der Waals surface area contributed by atoms with E-state index in [9.17, 15) is 14.7 Å². The third-order valence-corrected chi connectivity index (χ3v) is 5.46. The van der Waals surface area contributed by atoms with Crippen LogP contribution < -0.4 is 4.74 Å². The number of carbonyl (C=O) groups is 2. The molecule has 1 aliphatic rings. The van der Waals surface area contributed by atoms with Gasteiger partial charge < -0.3 is 9.84 Å². The quantitative estimate of drug-likeness (QED) is 0.657. The third kappa shape index (κ3) is 3.25. The number of ether oxygens (including phenoxy) is 1. The summed E-state index contributed by atoms with van der Waals surface area (Å²) in [7, 11) is 1.47.